The molecule has 7 heteroatoms. The summed E-state index contributed by atoms with van der Waals surface area (Å²) in [5, 5.41) is 2.57. The van der Waals surface area contributed by atoms with E-state index in [4.69, 9.17) is 17.0 Å². The first-order valence-corrected chi connectivity index (χ1v) is 7.57. The second kappa shape index (κ2) is 5.50. The molecule has 0 unspecified atom stereocenters. The summed E-state index contributed by atoms with van der Waals surface area (Å²) in [6, 6.07) is 5.51. The molecule has 0 bridgehead atoms. The number of thiocarbonyl (C=S) groups is 1. The molecule has 2 aliphatic rings. The molecule has 2 aliphatic heterocycles. The van der Waals surface area contributed by atoms with Crippen molar-refractivity contribution in [3.63, 3.8) is 0 Å². The highest BCUT2D eigenvalue weighted by molar-refractivity contribution is 8.26. The number of hydrogen-bond acceptors (Lipinski definition) is 5. The van der Waals surface area contributed by atoms with Gasteiger partial charge in [-0.25, -0.2) is 0 Å². The number of rotatable bonds is 1. The molecule has 0 aliphatic carbocycles. The third-order valence-electron chi connectivity index (χ3n) is 3.17. The van der Waals surface area contributed by atoms with Crippen LogP contribution in [0.1, 0.15) is 12.5 Å². The zero-order valence-corrected chi connectivity index (χ0v) is 12.8. The largest absolute Gasteiger partial charge is 0.490 e. The molecule has 2 amide bonds. The number of carbonyl (C=O) groups excluding carboxylic acids is 2. The number of amides is 2. The Bertz CT molecular complexity index is 685. The number of hydrogen-bond donors (Lipinski definition) is 1. The molecule has 1 aromatic carbocycles. The molecule has 2 heterocycles. The van der Waals surface area contributed by atoms with E-state index in [0.29, 0.717) is 28.1 Å². The average molecular weight is 320 g/mol. The van der Waals surface area contributed by atoms with E-state index >= 15 is 0 Å². The van der Waals surface area contributed by atoms with E-state index < -0.39 is 0 Å². The van der Waals surface area contributed by atoms with Gasteiger partial charge in [-0.3, -0.25) is 9.59 Å². The highest BCUT2D eigenvalue weighted by atomic mass is 32.2. The van der Waals surface area contributed by atoms with E-state index in [-0.39, 0.29) is 11.8 Å². The zero-order valence-electron chi connectivity index (χ0n) is 11.2. The van der Waals surface area contributed by atoms with Crippen molar-refractivity contribution in [2.24, 2.45) is 0 Å². The number of nitrogens with one attached hydrogen (secondary N) is 1. The Balaban J connectivity index is 1.97. The van der Waals surface area contributed by atoms with Gasteiger partial charge in [-0.1, -0.05) is 30.0 Å². The lowest BCUT2D eigenvalue weighted by Gasteiger charge is -2.28. The number of nitrogens with zero attached hydrogens (tertiary/aromatic N) is 1. The first-order valence-electron chi connectivity index (χ1n) is 6.34. The second-order valence-electron chi connectivity index (χ2n) is 4.60. The minimum atomic E-state index is -0.192. The minimum Gasteiger partial charge on any atom is -0.490 e. The Kier molecular flexibility index (Phi) is 3.69. The van der Waals surface area contributed by atoms with Gasteiger partial charge in [-0.2, -0.15) is 0 Å². The van der Waals surface area contributed by atoms with Crippen LogP contribution in [0.2, 0.25) is 0 Å². The van der Waals surface area contributed by atoms with Crippen LogP contribution in [0.25, 0.3) is 6.08 Å². The zero-order chi connectivity index (χ0) is 15.0. The van der Waals surface area contributed by atoms with Crippen LogP contribution in [-0.4, -0.2) is 29.3 Å². The molecule has 5 nitrogen and oxygen atoms in total. The maximum absolute atomic E-state index is 11.7. The van der Waals surface area contributed by atoms with Gasteiger partial charge < -0.3 is 15.0 Å². The normalized spacial score (nSPS) is 19.3. The van der Waals surface area contributed by atoms with Crippen molar-refractivity contribution < 1.29 is 14.3 Å². The Morgan fingerprint density at radius 2 is 2.33 bits per heavy atom. The third-order valence-corrected chi connectivity index (χ3v) is 4.33. The Labute approximate surface area is 131 Å². The lowest BCUT2D eigenvalue weighted by Crippen LogP contribution is -2.36. The number of carbonyl (C=O) groups is 2. The number of benzene rings is 1. The van der Waals surface area contributed by atoms with Crippen molar-refractivity contribution in [3.05, 3.63) is 28.7 Å². The van der Waals surface area contributed by atoms with Crippen LogP contribution in [0.5, 0.6) is 5.75 Å². The molecular formula is C14H12N2O3S2. The van der Waals surface area contributed by atoms with Gasteiger partial charge in [-0.15, -0.1) is 0 Å². The maximum Gasteiger partial charge on any atom is 0.263 e. The Morgan fingerprint density at radius 3 is 3.00 bits per heavy atom. The van der Waals surface area contributed by atoms with Gasteiger partial charge >= 0.3 is 0 Å². The molecule has 1 saturated heterocycles. The van der Waals surface area contributed by atoms with Gasteiger partial charge in [0.1, 0.15) is 16.7 Å². The van der Waals surface area contributed by atoms with Crippen LogP contribution in [0.4, 0.5) is 5.69 Å². The summed E-state index contributed by atoms with van der Waals surface area (Å²) in [6.45, 7) is 2.54. The van der Waals surface area contributed by atoms with Crippen molar-refractivity contribution in [1.29, 1.82) is 0 Å². The number of ether oxygens (including phenoxy) is 1. The standard InChI is InChI=1S/C14H12N2O3S2/c1-8(17)16-4-5-19-11-3-2-9(6-10(11)16)7-12-13(18)15-14(20)21-12/h2-3,6-7H,4-5H2,1H3,(H,15,18,20)/b12-7-. The van der Waals surface area contributed by atoms with Gasteiger partial charge in [0.05, 0.1) is 17.1 Å². The minimum absolute atomic E-state index is 0.0292. The molecular weight excluding hydrogens is 308 g/mol. The number of fused-ring (bicyclic) bond motifs is 1. The quantitative estimate of drug-likeness (QED) is 0.633. The van der Waals surface area contributed by atoms with Crippen molar-refractivity contribution >= 4 is 51.9 Å². The third kappa shape index (κ3) is 2.79. The van der Waals surface area contributed by atoms with Gasteiger partial charge in [0.2, 0.25) is 5.91 Å². The van der Waals surface area contributed by atoms with E-state index in [1.54, 1.807) is 11.0 Å². The first kappa shape index (κ1) is 14.1. The summed E-state index contributed by atoms with van der Waals surface area (Å²) in [4.78, 5) is 25.6. The van der Waals surface area contributed by atoms with E-state index in [1.165, 1.54) is 18.7 Å². The molecule has 0 aromatic heterocycles. The molecule has 0 atom stereocenters. The molecule has 0 radical (unpaired) electrons. The Morgan fingerprint density at radius 1 is 1.52 bits per heavy atom. The fourth-order valence-electron chi connectivity index (χ4n) is 2.22. The molecule has 0 spiro atoms. The summed E-state index contributed by atoms with van der Waals surface area (Å²) < 4.78 is 6.00. The van der Waals surface area contributed by atoms with Crippen molar-refractivity contribution in [2.45, 2.75) is 6.92 Å². The van der Waals surface area contributed by atoms with Gasteiger partial charge in [-0.05, 0) is 23.8 Å². The molecule has 1 fully saturated rings. The van der Waals surface area contributed by atoms with Crippen molar-refractivity contribution in [1.82, 2.24) is 5.32 Å². The van der Waals surface area contributed by atoms with Crippen molar-refractivity contribution in [3.8, 4) is 5.75 Å². The predicted molar refractivity (Wildman–Crippen MR) is 86.3 cm³/mol. The smallest absolute Gasteiger partial charge is 0.263 e. The maximum atomic E-state index is 11.7. The van der Waals surface area contributed by atoms with Crippen LogP contribution in [0, 0.1) is 0 Å². The van der Waals surface area contributed by atoms with E-state index in [2.05, 4.69) is 5.32 Å². The van der Waals surface area contributed by atoms with Crippen molar-refractivity contribution in [2.75, 3.05) is 18.1 Å². The second-order valence-corrected chi connectivity index (χ2v) is 6.32. The lowest BCUT2D eigenvalue weighted by atomic mass is 10.1. The summed E-state index contributed by atoms with van der Waals surface area (Å²) >= 11 is 6.19. The lowest BCUT2D eigenvalue weighted by molar-refractivity contribution is -0.117. The Hall–Kier alpha value is -1.86. The highest BCUT2D eigenvalue weighted by Crippen LogP contribution is 2.34. The first-order chi connectivity index (χ1) is 10.0. The van der Waals surface area contributed by atoms with Gasteiger partial charge in [0.15, 0.2) is 0 Å². The fraction of sp³-hybridized carbons (Fsp3) is 0.214. The van der Waals surface area contributed by atoms with Gasteiger partial charge in [0.25, 0.3) is 5.91 Å². The average Bonchev–Trinajstić information content (AvgIpc) is 2.76. The van der Waals surface area contributed by atoms with E-state index in [1.807, 2.05) is 18.2 Å². The molecule has 108 valence electrons. The molecule has 21 heavy (non-hydrogen) atoms. The SMILES string of the molecule is CC(=O)N1CCOc2ccc(/C=C3\SC(=S)NC3=O)cc21. The predicted octanol–water partition coefficient (Wildman–Crippen LogP) is 1.92. The van der Waals surface area contributed by atoms with E-state index in [9.17, 15) is 9.59 Å². The van der Waals surface area contributed by atoms with Crippen LogP contribution in [0.15, 0.2) is 23.1 Å². The molecule has 1 aromatic rings. The summed E-state index contributed by atoms with van der Waals surface area (Å²) in [5.41, 5.74) is 1.56. The molecule has 0 saturated carbocycles. The monoisotopic (exact) mass is 320 g/mol. The fourth-order valence-corrected chi connectivity index (χ4v) is 3.27. The summed E-state index contributed by atoms with van der Waals surface area (Å²) in [7, 11) is 0. The summed E-state index contributed by atoms with van der Waals surface area (Å²) in [5.74, 6) is 0.457. The highest BCUT2D eigenvalue weighted by Gasteiger charge is 2.24. The number of thioether (sulfide) groups is 1. The van der Waals surface area contributed by atoms with Gasteiger partial charge in [0, 0.05) is 6.92 Å². The molecule has 1 N–H and O–H groups in total. The molecule has 3 rings (SSSR count). The summed E-state index contributed by atoms with van der Waals surface area (Å²) in [6.07, 6.45) is 1.76. The van der Waals surface area contributed by atoms with Crippen LogP contribution in [-0.2, 0) is 9.59 Å². The van der Waals surface area contributed by atoms with Crippen LogP contribution in [0.3, 0.4) is 0 Å². The van der Waals surface area contributed by atoms with Crippen LogP contribution < -0.4 is 15.0 Å². The van der Waals surface area contributed by atoms with Crippen LogP contribution >= 0.6 is 24.0 Å². The van der Waals surface area contributed by atoms with E-state index in [0.717, 1.165) is 11.3 Å². The topological polar surface area (TPSA) is 58.6 Å². The number of anilines is 1.